The van der Waals surface area contributed by atoms with Crippen molar-refractivity contribution in [3.63, 3.8) is 0 Å². The van der Waals surface area contributed by atoms with Crippen molar-refractivity contribution in [3.8, 4) is 5.75 Å². The molecule has 0 radical (unpaired) electrons. The molecule has 5 heteroatoms. The Bertz CT molecular complexity index is 1260. The van der Waals surface area contributed by atoms with Crippen molar-refractivity contribution >= 4 is 16.8 Å². The molecule has 1 amide bonds. The number of nitrogens with one attached hydrogen (secondary N) is 1. The van der Waals surface area contributed by atoms with Gasteiger partial charge in [0.2, 0.25) is 5.91 Å². The maximum atomic E-state index is 12.8. The van der Waals surface area contributed by atoms with Gasteiger partial charge in [0, 0.05) is 36.8 Å². The van der Waals surface area contributed by atoms with Crippen LogP contribution in [0.5, 0.6) is 5.75 Å². The van der Waals surface area contributed by atoms with Gasteiger partial charge in [-0.3, -0.25) is 9.69 Å². The van der Waals surface area contributed by atoms with E-state index < -0.39 is 0 Å². The fourth-order valence-electron chi connectivity index (χ4n) is 5.01. The van der Waals surface area contributed by atoms with Gasteiger partial charge in [-0.15, -0.1) is 0 Å². The second kappa shape index (κ2) is 10.8. The van der Waals surface area contributed by atoms with Crippen molar-refractivity contribution in [2.75, 3.05) is 20.2 Å². The monoisotopic (exact) mass is 467 g/mol. The Morgan fingerprint density at radius 2 is 1.60 bits per heavy atom. The zero-order chi connectivity index (χ0) is 24.0. The van der Waals surface area contributed by atoms with E-state index in [0.717, 1.165) is 50.3 Å². The topological polar surface area (TPSA) is 46.5 Å². The van der Waals surface area contributed by atoms with Gasteiger partial charge in [0.15, 0.2) is 0 Å². The Morgan fingerprint density at radius 3 is 2.34 bits per heavy atom. The molecule has 1 aliphatic heterocycles. The number of rotatable bonds is 8. The van der Waals surface area contributed by atoms with Gasteiger partial charge in [0.05, 0.1) is 7.11 Å². The average molecular weight is 468 g/mol. The zero-order valence-electron chi connectivity index (χ0n) is 20.3. The molecule has 5 nitrogen and oxygen atoms in total. The summed E-state index contributed by atoms with van der Waals surface area (Å²) in [5.41, 5.74) is 5.00. The average Bonchev–Trinajstić information content (AvgIpc) is 3.25. The summed E-state index contributed by atoms with van der Waals surface area (Å²) in [6.07, 6.45) is 1.79. The molecule has 0 saturated carbocycles. The van der Waals surface area contributed by atoms with Crippen molar-refractivity contribution in [1.82, 2.24) is 14.8 Å². The first kappa shape index (κ1) is 23.2. The predicted octanol–water partition coefficient (Wildman–Crippen LogP) is 5.23. The molecule has 2 heterocycles. The van der Waals surface area contributed by atoms with E-state index in [-0.39, 0.29) is 11.8 Å². The Labute approximate surface area is 207 Å². The van der Waals surface area contributed by atoms with E-state index in [1.54, 1.807) is 7.11 Å². The molecule has 5 rings (SSSR count). The van der Waals surface area contributed by atoms with E-state index in [1.165, 1.54) is 22.2 Å². The Kier molecular flexibility index (Phi) is 7.15. The molecule has 0 spiro atoms. The molecule has 4 aromatic rings. The third-order valence-corrected chi connectivity index (χ3v) is 7.05. The summed E-state index contributed by atoms with van der Waals surface area (Å²) in [7, 11) is 1.66. The van der Waals surface area contributed by atoms with Crippen LogP contribution in [-0.4, -0.2) is 35.6 Å². The maximum absolute atomic E-state index is 12.8. The first-order valence-corrected chi connectivity index (χ1v) is 12.4. The number of aromatic nitrogens is 1. The van der Waals surface area contributed by atoms with Crippen LogP contribution >= 0.6 is 0 Å². The smallest absolute Gasteiger partial charge is 0.223 e. The van der Waals surface area contributed by atoms with Gasteiger partial charge in [-0.05, 0) is 66.7 Å². The maximum Gasteiger partial charge on any atom is 0.223 e. The molecule has 1 saturated heterocycles. The van der Waals surface area contributed by atoms with Gasteiger partial charge in [-0.1, -0.05) is 60.7 Å². The quantitative estimate of drug-likeness (QED) is 0.386. The van der Waals surface area contributed by atoms with Gasteiger partial charge >= 0.3 is 0 Å². The summed E-state index contributed by atoms with van der Waals surface area (Å²) in [5, 5.41) is 4.41. The van der Waals surface area contributed by atoms with Gasteiger partial charge in [-0.25, -0.2) is 0 Å². The highest BCUT2D eigenvalue weighted by molar-refractivity contribution is 5.81. The van der Waals surface area contributed by atoms with Gasteiger partial charge < -0.3 is 14.6 Å². The molecule has 180 valence electrons. The van der Waals surface area contributed by atoms with Crippen molar-refractivity contribution in [1.29, 1.82) is 0 Å². The molecule has 0 aliphatic carbocycles. The van der Waals surface area contributed by atoms with Crippen molar-refractivity contribution < 1.29 is 9.53 Å². The lowest BCUT2D eigenvalue weighted by Gasteiger charge is -2.31. The Morgan fingerprint density at radius 1 is 0.886 bits per heavy atom. The van der Waals surface area contributed by atoms with Crippen molar-refractivity contribution in [2.24, 2.45) is 5.92 Å². The second-order valence-electron chi connectivity index (χ2n) is 9.38. The van der Waals surface area contributed by atoms with Crippen LogP contribution in [-0.2, 0) is 24.4 Å². The minimum Gasteiger partial charge on any atom is -0.497 e. The first-order valence-electron chi connectivity index (χ1n) is 12.4. The van der Waals surface area contributed by atoms with Crippen LogP contribution in [0.15, 0.2) is 84.9 Å². The summed E-state index contributed by atoms with van der Waals surface area (Å²) in [4.78, 5) is 15.3. The molecule has 0 unspecified atom stereocenters. The molecule has 3 aromatic carbocycles. The predicted molar refractivity (Wildman–Crippen MR) is 140 cm³/mol. The molecule has 1 fully saturated rings. The normalized spacial score (nSPS) is 14.8. The Hall–Kier alpha value is -3.57. The van der Waals surface area contributed by atoms with Gasteiger partial charge in [0.25, 0.3) is 0 Å². The van der Waals surface area contributed by atoms with Gasteiger partial charge in [0.1, 0.15) is 5.75 Å². The summed E-state index contributed by atoms with van der Waals surface area (Å²) < 4.78 is 7.65. The third-order valence-electron chi connectivity index (χ3n) is 7.05. The van der Waals surface area contributed by atoms with Crippen molar-refractivity contribution in [3.05, 3.63) is 102 Å². The fourth-order valence-corrected chi connectivity index (χ4v) is 5.01. The number of hydrogen-bond donors (Lipinski definition) is 1. The molecular formula is C30H33N3O2. The number of piperidine rings is 1. The molecular weight excluding hydrogens is 434 g/mol. The number of likely N-dealkylation sites (tertiary alicyclic amines) is 1. The zero-order valence-corrected chi connectivity index (χ0v) is 20.3. The lowest BCUT2D eigenvalue weighted by molar-refractivity contribution is -0.126. The van der Waals surface area contributed by atoms with E-state index in [1.807, 2.05) is 24.3 Å². The minimum absolute atomic E-state index is 0.0830. The van der Waals surface area contributed by atoms with E-state index in [4.69, 9.17) is 4.74 Å². The van der Waals surface area contributed by atoms with Crippen LogP contribution in [0.25, 0.3) is 10.9 Å². The minimum atomic E-state index is 0.0830. The number of ether oxygens (including phenoxy) is 1. The highest BCUT2D eigenvalue weighted by atomic mass is 16.5. The Balaban J connectivity index is 1.19. The second-order valence-corrected chi connectivity index (χ2v) is 9.38. The largest absolute Gasteiger partial charge is 0.497 e. The molecule has 1 aliphatic rings. The number of hydrogen-bond acceptors (Lipinski definition) is 3. The SMILES string of the molecule is COc1ccc(CNC(=O)C2CCN(Cc3cc4ccccc4n3Cc3ccccc3)CC2)cc1. The molecule has 1 aromatic heterocycles. The summed E-state index contributed by atoms with van der Waals surface area (Å²) in [6, 6.07) is 29.4. The summed E-state index contributed by atoms with van der Waals surface area (Å²) in [6.45, 7) is 4.21. The van der Waals surface area contributed by atoms with Gasteiger partial charge in [-0.2, -0.15) is 0 Å². The van der Waals surface area contributed by atoms with E-state index >= 15 is 0 Å². The van der Waals surface area contributed by atoms with Crippen molar-refractivity contribution in [2.45, 2.75) is 32.5 Å². The number of para-hydroxylation sites is 1. The van der Waals surface area contributed by atoms with Crippen LogP contribution in [0, 0.1) is 5.92 Å². The number of benzene rings is 3. The van der Waals surface area contributed by atoms with E-state index in [2.05, 4.69) is 75.4 Å². The highest BCUT2D eigenvalue weighted by Gasteiger charge is 2.25. The van der Waals surface area contributed by atoms with Crippen LogP contribution in [0.3, 0.4) is 0 Å². The lowest BCUT2D eigenvalue weighted by Crippen LogP contribution is -2.40. The standard InChI is InChI=1S/C30H33N3O2/c1-35-28-13-11-23(12-14-28)20-31-30(34)25-15-17-32(18-16-25)22-27-19-26-9-5-6-10-29(26)33(27)21-24-7-3-2-4-8-24/h2-14,19,25H,15-18,20-22H2,1H3,(H,31,34). The van der Waals surface area contributed by atoms with E-state index in [0.29, 0.717) is 6.54 Å². The molecule has 0 bridgehead atoms. The summed E-state index contributed by atoms with van der Waals surface area (Å²) in [5.74, 6) is 1.08. The number of amides is 1. The molecule has 0 atom stereocenters. The fraction of sp³-hybridized carbons (Fsp3) is 0.300. The van der Waals surface area contributed by atoms with E-state index in [9.17, 15) is 4.79 Å². The number of nitrogens with zero attached hydrogens (tertiary/aromatic N) is 2. The lowest BCUT2D eigenvalue weighted by atomic mass is 9.95. The highest BCUT2D eigenvalue weighted by Crippen LogP contribution is 2.25. The molecule has 35 heavy (non-hydrogen) atoms. The number of carbonyl (C=O) groups excluding carboxylic acids is 1. The molecule has 1 N–H and O–H groups in total. The first-order chi connectivity index (χ1) is 17.2. The van der Waals surface area contributed by atoms with Crippen LogP contribution < -0.4 is 10.1 Å². The van der Waals surface area contributed by atoms with Crippen LogP contribution in [0.2, 0.25) is 0 Å². The number of fused-ring (bicyclic) bond motifs is 1. The van der Waals surface area contributed by atoms with Crippen LogP contribution in [0.4, 0.5) is 0 Å². The number of carbonyl (C=O) groups is 1. The third kappa shape index (κ3) is 5.57. The summed E-state index contributed by atoms with van der Waals surface area (Å²) >= 11 is 0. The number of methoxy groups -OCH3 is 1. The van der Waals surface area contributed by atoms with Crippen LogP contribution in [0.1, 0.15) is 29.7 Å².